The van der Waals surface area contributed by atoms with Gasteiger partial charge in [0, 0.05) is 43.6 Å². The van der Waals surface area contributed by atoms with E-state index in [-0.39, 0.29) is 23.1 Å². The van der Waals surface area contributed by atoms with E-state index in [4.69, 9.17) is 0 Å². The van der Waals surface area contributed by atoms with E-state index in [0.717, 1.165) is 36.6 Å². The van der Waals surface area contributed by atoms with Crippen molar-refractivity contribution in [3.63, 3.8) is 0 Å². The van der Waals surface area contributed by atoms with E-state index < -0.39 is 0 Å². The monoisotopic (exact) mass is 394 g/mol. The largest absolute Gasteiger partial charge is 0.356 e. The number of fused-ring (bicyclic) bond motifs is 1. The van der Waals surface area contributed by atoms with Crippen molar-refractivity contribution < 1.29 is 9.18 Å². The summed E-state index contributed by atoms with van der Waals surface area (Å²) < 4.78 is 13.3. The van der Waals surface area contributed by atoms with E-state index in [2.05, 4.69) is 27.0 Å². The van der Waals surface area contributed by atoms with Crippen LogP contribution in [0.3, 0.4) is 0 Å². The number of nitrogens with one attached hydrogen (secondary N) is 3. The predicted octanol–water partition coefficient (Wildman–Crippen LogP) is 3.54. The van der Waals surface area contributed by atoms with Gasteiger partial charge in [-0.15, -0.1) is 0 Å². The maximum Gasteiger partial charge on any atom is 0.225 e. The molecule has 0 aromatic heterocycles. The molecular formula is C23H27FN4O. The molecule has 3 N–H and O–H groups in total. The van der Waals surface area contributed by atoms with E-state index in [0.29, 0.717) is 13.0 Å². The molecule has 1 aliphatic carbocycles. The van der Waals surface area contributed by atoms with Crippen LogP contribution in [-0.2, 0) is 10.2 Å². The molecule has 1 unspecified atom stereocenters. The molecule has 1 heterocycles. The van der Waals surface area contributed by atoms with Gasteiger partial charge in [0.25, 0.3) is 0 Å². The van der Waals surface area contributed by atoms with Crippen LogP contribution in [0.1, 0.15) is 42.7 Å². The highest BCUT2D eigenvalue weighted by Gasteiger charge is 2.38. The summed E-state index contributed by atoms with van der Waals surface area (Å²) >= 11 is 0. The van der Waals surface area contributed by atoms with E-state index in [9.17, 15) is 9.18 Å². The average Bonchev–Trinajstić information content (AvgIpc) is 2.70. The number of rotatable bonds is 5. The molecule has 1 amide bonds. The molecule has 29 heavy (non-hydrogen) atoms. The second kappa shape index (κ2) is 8.23. The fourth-order valence-electron chi connectivity index (χ4n) is 4.35. The second-order valence-electron chi connectivity index (χ2n) is 7.98. The molecule has 0 radical (unpaired) electrons. The molecule has 0 saturated heterocycles. The van der Waals surface area contributed by atoms with Crippen LogP contribution in [-0.4, -0.2) is 32.0 Å². The third-order valence-electron chi connectivity index (χ3n) is 6.21. The molecule has 2 aromatic rings. The van der Waals surface area contributed by atoms with E-state index >= 15 is 0 Å². The number of guanidine groups is 1. The van der Waals surface area contributed by atoms with Crippen LogP contribution in [0.25, 0.3) is 0 Å². The summed E-state index contributed by atoms with van der Waals surface area (Å²) in [6.45, 7) is 1.38. The van der Waals surface area contributed by atoms with Crippen molar-refractivity contribution in [1.29, 1.82) is 0 Å². The fraction of sp³-hybridized carbons (Fsp3) is 0.391. The molecule has 1 saturated carbocycles. The Morgan fingerprint density at radius 1 is 1.17 bits per heavy atom. The first-order valence-electron chi connectivity index (χ1n) is 10.2. The lowest BCUT2D eigenvalue weighted by Gasteiger charge is -2.43. The number of halogens is 1. The highest BCUT2D eigenvalue weighted by Crippen LogP contribution is 2.43. The van der Waals surface area contributed by atoms with Gasteiger partial charge in [-0.2, -0.15) is 0 Å². The number of carbonyl (C=O) groups excluding carboxylic acids is 1. The van der Waals surface area contributed by atoms with Crippen LogP contribution < -0.4 is 16.0 Å². The molecule has 1 aliphatic heterocycles. The predicted molar refractivity (Wildman–Crippen MR) is 114 cm³/mol. The van der Waals surface area contributed by atoms with Gasteiger partial charge in [-0.1, -0.05) is 36.8 Å². The Morgan fingerprint density at radius 2 is 1.93 bits per heavy atom. The molecule has 0 spiro atoms. The van der Waals surface area contributed by atoms with Crippen molar-refractivity contribution >= 4 is 17.6 Å². The van der Waals surface area contributed by atoms with Crippen molar-refractivity contribution in [3.05, 3.63) is 65.5 Å². The highest BCUT2D eigenvalue weighted by atomic mass is 19.1. The first kappa shape index (κ1) is 19.4. The Balaban J connectivity index is 1.38. The maximum atomic E-state index is 13.3. The minimum Gasteiger partial charge on any atom is -0.356 e. The third kappa shape index (κ3) is 4.11. The summed E-state index contributed by atoms with van der Waals surface area (Å²) in [7, 11) is 1.75. The number of hydrogen-bond donors (Lipinski definition) is 3. The molecule has 5 nitrogen and oxygen atoms in total. The smallest absolute Gasteiger partial charge is 0.225 e. The lowest BCUT2D eigenvalue weighted by molar-refractivity contribution is -0.116. The van der Waals surface area contributed by atoms with Gasteiger partial charge in [-0.25, -0.2) is 4.39 Å². The highest BCUT2D eigenvalue weighted by molar-refractivity contribution is 5.94. The zero-order valence-corrected chi connectivity index (χ0v) is 16.7. The number of hydrogen-bond acceptors (Lipinski definition) is 2. The second-order valence-corrected chi connectivity index (χ2v) is 7.98. The van der Waals surface area contributed by atoms with Crippen LogP contribution in [0.2, 0.25) is 0 Å². The molecule has 2 aromatic carbocycles. The van der Waals surface area contributed by atoms with Crippen LogP contribution in [0.15, 0.2) is 53.5 Å². The number of para-hydroxylation sites is 1. The number of benzene rings is 2. The Hall–Kier alpha value is -2.89. The quantitative estimate of drug-likeness (QED) is 0.537. The summed E-state index contributed by atoms with van der Waals surface area (Å²) in [4.78, 5) is 16.4. The lowest BCUT2D eigenvalue weighted by atomic mass is 9.64. The SMILES string of the molecule is CN=C(NCC1CC(=O)Nc2ccccc21)NCC1(c2ccc(F)cc2)CCC1. The number of amides is 1. The zero-order valence-electron chi connectivity index (χ0n) is 16.7. The molecule has 2 aliphatic rings. The van der Waals surface area contributed by atoms with Gasteiger partial charge in [0.15, 0.2) is 5.96 Å². The van der Waals surface area contributed by atoms with E-state index in [1.54, 1.807) is 7.05 Å². The van der Waals surface area contributed by atoms with Crippen molar-refractivity contribution in [1.82, 2.24) is 10.6 Å². The maximum absolute atomic E-state index is 13.3. The Bertz CT molecular complexity index is 905. The fourth-order valence-corrected chi connectivity index (χ4v) is 4.35. The summed E-state index contributed by atoms with van der Waals surface area (Å²) in [5.74, 6) is 0.670. The number of carbonyl (C=O) groups is 1. The topological polar surface area (TPSA) is 65.5 Å². The average molecular weight is 394 g/mol. The molecule has 152 valence electrons. The van der Waals surface area contributed by atoms with Crippen molar-refractivity contribution in [2.24, 2.45) is 4.99 Å². The molecule has 1 atom stereocenters. The molecule has 1 fully saturated rings. The van der Waals surface area contributed by atoms with Crippen LogP contribution in [0.4, 0.5) is 10.1 Å². The number of aliphatic imine (C=N–C) groups is 1. The minimum atomic E-state index is -0.203. The molecule has 6 heteroatoms. The molecule has 4 rings (SSSR count). The Morgan fingerprint density at radius 3 is 2.62 bits per heavy atom. The van der Waals surface area contributed by atoms with Gasteiger partial charge in [0.2, 0.25) is 5.91 Å². The van der Waals surface area contributed by atoms with Gasteiger partial charge in [0.05, 0.1) is 0 Å². The summed E-state index contributed by atoms with van der Waals surface area (Å²) in [5.41, 5.74) is 3.24. The van der Waals surface area contributed by atoms with E-state index in [1.807, 2.05) is 30.3 Å². The van der Waals surface area contributed by atoms with Crippen LogP contribution >= 0.6 is 0 Å². The zero-order chi connectivity index (χ0) is 20.3. The summed E-state index contributed by atoms with van der Waals surface area (Å²) in [6, 6.07) is 14.8. The lowest BCUT2D eigenvalue weighted by Crippen LogP contribution is -2.49. The normalized spacial score (nSPS) is 20.3. The number of nitrogens with zero attached hydrogens (tertiary/aromatic N) is 1. The van der Waals surface area contributed by atoms with Gasteiger partial charge in [0.1, 0.15) is 5.82 Å². The van der Waals surface area contributed by atoms with Gasteiger partial charge < -0.3 is 16.0 Å². The molecule has 0 bridgehead atoms. The summed E-state index contributed by atoms with van der Waals surface area (Å²) in [5, 5.41) is 9.76. The van der Waals surface area contributed by atoms with Gasteiger partial charge in [-0.3, -0.25) is 9.79 Å². The Kier molecular flexibility index (Phi) is 5.51. The van der Waals surface area contributed by atoms with E-state index in [1.165, 1.54) is 24.1 Å². The van der Waals surface area contributed by atoms with Crippen molar-refractivity contribution in [2.75, 3.05) is 25.5 Å². The number of anilines is 1. The Labute approximate surface area is 170 Å². The first-order valence-corrected chi connectivity index (χ1v) is 10.2. The first-order chi connectivity index (χ1) is 14.1. The van der Waals surface area contributed by atoms with Crippen LogP contribution in [0, 0.1) is 5.82 Å². The summed E-state index contributed by atoms with van der Waals surface area (Å²) in [6.07, 6.45) is 3.80. The van der Waals surface area contributed by atoms with Crippen molar-refractivity contribution in [3.8, 4) is 0 Å². The van der Waals surface area contributed by atoms with Crippen molar-refractivity contribution in [2.45, 2.75) is 37.0 Å². The standard InChI is InChI=1S/C23H27FN4O/c1-25-22(26-14-16-13-21(29)28-20-6-3-2-5-19(16)20)27-15-23(11-4-12-23)17-7-9-18(24)10-8-17/h2-3,5-10,16H,4,11-15H2,1H3,(H,28,29)(H2,25,26,27). The van der Waals surface area contributed by atoms with Gasteiger partial charge in [-0.05, 0) is 42.2 Å². The van der Waals surface area contributed by atoms with Crippen LogP contribution in [0.5, 0.6) is 0 Å². The third-order valence-corrected chi connectivity index (χ3v) is 6.21. The van der Waals surface area contributed by atoms with Gasteiger partial charge >= 0.3 is 0 Å². The molecular weight excluding hydrogens is 367 g/mol. The minimum absolute atomic E-state index is 0.0304.